The lowest BCUT2D eigenvalue weighted by Crippen LogP contribution is -1.96. The van der Waals surface area contributed by atoms with Gasteiger partial charge in [0.2, 0.25) is 0 Å². The maximum atomic E-state index is 12.8. The second-order valence-electron chi connectivity index (χ2n) is 4.51. The molecule has 0 saturated carbocycles. The van der Waals surface area contributed by atoms with Crippen LogP contribution in [0.4, 0.5) is 4.39 Å². The summed E-state index contributed by atoms with van der Waals surface area (Å²) < 4.78 is 18.5. The molecule has 0 amide bonds. The molecule has 0 aromatic heterocycles. The number of halogens is 2. The Morgan fingerprint density at radius 3 is 2.45 bits per heavy atom. The van der Waals surface area contributed by atoms with Gasteiger partial charge in [-0.15, -0.1) is 0 Å². The smallest absolute Gasteiger partial charge is 0.139 e. The van der Waals surface area contributed by atoms with Crippen molar-refractivity contribution in [2.45, 2.75) is 6.61 Å². The van der Waals surface area contributed by atoms with E-state index in [4.69, 9.17) is 16.3 Å². The molecule has 0 N–H and O–H groups in total. The summed E-state index contributed by atoms with van der Waals surface area (Å²) in [6.45, 7) is 0.359. The molecule has 0 aliphatic carbocycles. The predicted molar refractivity (Wildman–Crippen MR) is 79.7 cm³/mol. The molecule has 0 spiro atoms. The Morgan fingerprint density at radius 1 is 0.900 bits per heavy atom. The van der Waals surface area contributed by atoms with Gasteiger partial charge in [-0.1, -0.05) is 54.1 Å². The van der Waals surface area contributed by atoms with E-state index in [2.05, 4.69) is 0 Å². The van der Waals surface area contributed by atoms with E-state index in [0.717, 1.165) is 16.3 Å². The molecule has 0 heterocycles. The number of rotatable bonds is 3. The average Bonchev–Trinajstić information content (AvgIpc) is 2.49. The standard InChI is InChI=1S/C17H12ClFO/c18-17-15-4-2-1-3-13(15)7-10-16(17)20-11-12-5-8-14(19)9-6-12/h1-10H,11H2. The maximum Gasteiger partial charge on any atom is 0.139 e. The van der Waals surface area contributed by atoms with Gasteiger partial charge < -0.3 is 4.74 Å². The van der Waals surface area contributed by atoms with Crippen LogP contribution < -0.4 is 4.74 Å². The van der Waals surface area contributed by atoms with Crippen LogP contribution in [0.3, 0.4) is 0 Å². The van der Waals surface area contributed by atoms with E-state index in [0.29, 0.717) is 17.4 Å². The lowest BCUT2D eigenvalue weighted by atomic mass is 10.1. The second kappa shape index (κ2) is 5.51. The highest BCUT2D eigenvalue weighted by molar-refractivity contribution is 6.37. The molecule has 1 nitrogen and oxygen atoms in total. The molecule has 3 heteroatoms. The third-order valence-electron chi connectivity index (χ3n) is 3.14. The van der Waals surface area contributed by atoms with Gasteiger partial charge in [0.25, 0.3) is 0 Å². The highest BCUT2D eigenvalue weighted by atomic mass is 35.5. The van der Waals surface area contributed by atoms with Gasteiger partial charge in [0.15, 0.2) is 0 Å². The molecule has 20 heavy (non-hydrogen) atoms. The summed E-state index contributed by atoms with van der Waals surface area (Å²) in [5.41, 5.74) is 0.899. The van der Waals surface area contributed by atoms with Crippen molar-refractivity contribution in [2.75, 3.05) is 0 Å². The second-order valence-corrected chi connectivity index (χ2v) is 4.89. The molecular formula is C17H12ClFO. The van der Waals surface area contributed by atoms with Crippen molar-refractivity contribution >= 4 is 22.4 Å². The van der Waals surface area contributed by atoms with Crippen LogP contribution in [0.2, 0.25) is 5.02 Å². The van der Waals surface area contributed by atoms with Gasteiger partial charge >= 0.3 is 0 Å². The quantitative estimate of drug-likeness (QED) is 0.642. The summed E-state index contributed by atoms with van der Waals surface area (Å²) in [6, 6.07) is 17.9. The summed E-state index contributed by atoms with van der Waals surface area (Å²) in [5, 5.41) is 2.64. The van der Waals surface area contributed by atoms with E-state index in [1.165, 1.54) is 12.1 Å². The van der Waals surface area contributed by atoms with Gasteiger partial charge in [-0.2, -0.15) is 0 Å². The first-order valence-corrected chi connectivity index (χ1v) is 6.66. The normalized spacial score (nSPS) is 10.7. The van der Waals surface area contributed by atoms with Gasteiger partial charge in [0, 0.05) is 5.39 Å². The van der Waals surface area contributed by atoms with Gasteiger partial charge in [-0.3, -0.25) is 0 Å². The minimum absolute atomic E-state index is 0.252. The van der Waals surface area contributed by atoms with Crippen molar-refractivity contribution in [3.05, 3.63) is 77.1 Å². The molecule has 0 aliphatic heterocycles. The molecule has 100 valence electrons. The Labute approximate surface area is 121 Å². The van der Waals surface area contributed by atoms with Crippen molar-refractivity contribution in [2.24, 2.45) is 0 Å². The zero-order valence-electron chi connectivity index (χ0n) is 10.6. The first-order chi connectivity index (χ1) is 9.74. The summed E-state index contributed by atoms with van der Waals surface area (Å²) in [6.07, 6.45) is 0. The van der Waals surface area contributed by atoms with Crippen LogP contribution in [0.25, 0.3) is 10.8 Å². The summed E-state index contributed by atoms with van der Waals surface area (Å²) >= 11 is 6.35. The van der Waals surface area contributed by atoms with Gasteiger partial charge in [0.05, 0.1) is 5.02 Å². The Hall–Kier alpha value is -2.06. The number of ether oxygens (including phenoxy) is 1. The van der Waals surface area contributed by atoms with Crippen LogP contribution in [-0.4, -0.2) is 0 Å². The molecule has 0 saturated heterocycles. The number of benzene rings is 3. The zero-order valence-corrected chi connectivity index (χ0v) is 11.4. The van der Waals surface area contributed by atoms with E-state index < -0.39 is 0 Å². The molecule has 3 aromatic carbocycles. The molecule has 0 atom stereocenters. The van der Waals surface area contributed by atoms with Crippen molar-refractivity contribution in [1.82, 2.24) is 0 Å². The van der Waals surface area contributed by atoms with Crippen LogP contribution in [0.1, 0.15) is 5.56 Å². The topological polar surface area (TPSA) is 9.23 Å². The van der Waals surface area contributed by atoms with E-state index in [1.54, 1.807) is 12.1 Å². The average molecular weight is 287 g/mol. The number of hydrogen-bond donors (Lipinski definition) is 0. The van der Waals surface area contributed by atoms with Crippen molar-refractivity contribution < 1.29 is 9.13 Å². The fourth-order valence-electron chi connectivity index (χ4n) is 2.07. The minimum atomic E-state index is -0.252. The zero-order chi connectivity index (χ0) is 13.9. The van der Waals surface area contributed by atoms with Crippen molar-refractivity contribution in [1.29, 1.82) is 0 Å². The van der Waals surface area contributed by atoms with Gasteiger partial charge in [-0.25, -0.2) is 4.39 Å². The van der Waals surface area contributed by atoms with Gasteiger partial charge in [0.1, 0.15) is 18.2 Å². The van der Waals surface area contributed by atoms with E-state index >= 15 is 0 Å². The molecule has 0 unspecified atom stereocenters. The lowest BCUT2D eigenvalue weighted by molar-refractivity contribution is 0.306. The molecule has 0 radical (unpaired) electrons. The summed E-state index contributed by atoms with van der Waals surface area (Å²) in [4.78, 5) is 0. The van der Waals surface area contributed by atoms with Crippen LogP contribution in [0.15, 0.2) is 60.7 Å². The Morgan fingerprint density at radius 2 is 1.65 bits per heavy atom. The van der Waals surface area contributed by atoms with Crippen LogP contribution >= 0.6 is 11.6 Å². The SMILES string of the molecule is Fc1ccc(COc2ccc3ccccc3c2Cl)cc1. The van der Waals surface area contributed by atoms with Crippen LogP contribution in [0, 0.1) is 5.82 Å². The molecule has 0 bridgehead atoms. The fraction of sp³-hybridized carbons (Fsp3) is 0.0588. The highest BCUT2D eigenvalue weighted by Crippen LogP contribution is 2.33. The first-order valence-electron chi connectivity index (χ1n) is 6.28. The monoisotopic (exact) mass is 286 g/mol. The highest BCUT2D eigenvalue weighted by Gasteiger charge is 2.06. The van der Waals surface area contributed by atoms with Crippen molar-refractivity contribution in [3.63, 3.8) is 0 Å². The third-order valence-corrected chi connectivity index (χ3v) is 3.53. The fourth-order valence-corrected chi connectivity index (χ4v) is 2.36. The largest absolute Gasteiger partial charge is 0.487 e. The molecule has 0 fully saturated rings. The van der Waals surface area contributed by atoms with Gasteiger partial charge in [-0.05, 0) is 29.1 Å². The molecule has 0 aliphatic rings. The van der Waals surface area contributed by atoms with E-state index in [-0.39, 0.29) is 5.82 Å². The van der Waals surface area contributed by atoms with Crippen LogP contribution in [-0.2, 0) is 6.61 Å². The van der Waals surface area contributed by atoms with Crippen molar-refractivity contribution in [3.8, 4) is 5.75 Å². The molecule has 3 rings (SSSR count). The first kappa shape index (κ1) is 12.9. The Balaban J connectivity index is 1.84. The van der Waals surface area contributed by atoms with E-state index in [1.807, 2.05) is 36.4 Å². The predicted octanol–water partition coefficient (Wildman–Crippen LogP) is 5.21. The molecular weight excluding hydrogens is 275 g/mol. The van der Waals surface area contributed by atoms with Crippen LogP contribution in [0.5, 0.6) is 5.75 Å². The Bertz CT molecular complexity index is 738. The van der Waals surface area contributed by atoms with E-state index in [9.17, 15) is 4.39 Å². The minimum Gasteiger partial charge on any atom is -0.487 e. The summed E-state index contributed by atoms with van der Waals surface area (Å²) in [7, 11) is 0. The number of hydrogen-bond acceptors (Lipinski definition) is 1. The third kappa shape index (κ3) is 2.61. The number of fused-ring (bicyclic) bond motifs is 1. The summed E-state index contributed by atoms with van der Waals surface area (Å²) in [5.74, 6) is 0.382. The Kier molecular flexibility index (Phi) is 3.57. The maximum absolute atomic E-state index is 12.8. The molecule has 3 aromatic rings. The lowest BCUT2D eigenvalue weighted by Gasteiger charge is -2.10.